The summed E-state index contributed by atoms with van der Waals surface area (Å²) in [5.41, 5.74) is 3.22. The van der Waals surface area contributed by atoms with Gasteiger partial charge in [-0.15, -0.1) is 0 Å². The number of rotatable bonds is 5. The van der Waals surface area contributed by atoms with Crippen LogP contribution in [-0.2, 0) is 11.2 Å². The fourth-order valence-electron chi connectivity index (χ4n) is 4.05. The van der Waals surface area contributed by atoms with Gasteiger partial charge in [0.1, 0.15) is 5.75 Å². The van der Waals surface area contributed by atoms with E-state index in [1.54, 1.807) is 18.2 Å². The van der Waals surface area contributed by atoms with Gasteiger partial charge in [-0.3, -0.25) is 19.7 Å². The molecule has 2 aromatic carbocycles. The maximum Gasteiger partial charge on any atom is 0.267 e. The first-order valence-electron chi connectivity index (χ1n) is 10.1. The van der Waals surface area contributed by atoms with E-state index >= 15 is 0 Å². The lowest BCUT2D eigenvalue weighted by Gasteiger charge is -2.45. The predicted octanol–water partition coefficient (Wildman–Crippen LogP) is 2.36. The fraction of sp³-hybridized carbons (Fsp3) is 0.304. The van der Waals surface area contributed by atoms with Crippen molar-refractivity contribution in [1.82, 2.24) is 15.7 Å². The molecular formula is C23H25N3O4. The number of hydroxylamine groups is 1. The fourth-order valence-corrected chi connectivity index (χ4v) is 4.05. The number of carbonyl (C=O) groups is 2. The van der Waals surface area contributed by atoms with Gasteiger partial charge in [0.2, 0.25) is 0 Å². The summed E-state index contributed by atoms with van der Waals surface area (Å²) in [6, 6.07) is 15.6. The quantitative estimate of drug-likeness (QED) is 0.402. The third-order valence-electron chi connectivity index (χ3n) is 5.53. The lowest BCUT2D eigenvalue weighted by Crippen LogP contribution is -2.64. The molecule has 7 heteroatoms. The first kappa shape index (κ1) is 20.1. The van der Waals surface area contributed by atoms with Gasteiger partial charge in [0.05, 0.1) is 12.1 Å². The van der Waals surface area contributed by atoms with E-state index in [1.165, 1.54) is 23.2 Å². The average Bonchev–Trinajstić information content (AvgIpc) is 2.77. The third-order valence-corrected chi connectivity index (χ3v) is 5.53. The number of ether oxygens (including phenoxy) is 1. The lowest BCUT2D eigenvalue weighted by atomic mass is 9.97. The van der Waals surface area contributed by atoms with E-state index in [0.717, 1.165) is 32.4 Å². The lowest BCUT2D eigenvalue weighted by molar-refractivity contribution is -0.124. The summed E-state index contributed by atoms with van der Waals surface area (Å²) < 4.78 is 6.30. The molecule has 0 saturated carbocycles. The highest BCUT2D eigenvalue weighted by Gasteiger charge is 2.43. The Balaban J connectivity index is 1.45. The van der Waals surface area contributed by atoms with Gasteiger partial charge >= 0.3 is 0 Å². The van der Waals surface area contributed by atoms with Crippen molar-refractivity contribution in [2.45, 2.75) is 25.0 Å². The summed E-state index contributed by atoms with van der Waals surface area (Å²) >= 11 is 0. The van der Waals surface area contributed by atoms with Gasteiger partial charge in [-0.2, -0.15) is 0 Å². The highest BCUT2D eigenvalue weighted by atomic mass is 16.5. The molecule has 0 aliphatic carbocycles. The number of nitrogens with one attached hydrogen (secondary N) is 2. The van der Waals surface area contributed by atoms with E-state index in [2.05, 4.69) is 22.3 Å². The first-order chi connectivity index (χ1) is 14.6. The summed E-state index contributed by atoms with van der Waals surface area (Å²) in [7, 11) is 0. The molecule has 2 heterocycles. The Labute approximate surface area is 175 Å². The number of amides is 2. The van der Waals surface area contributed by atoms with Crippen LogP contribution in [0.4, 0.5) is 0 Å². The maximum absolute atomic E-state index is 12.8. The number of nitrogens with zero attached hydrogens (tertiary/aromatic N) is 1. The highest BCUT2D eigenvalue weighted by Crippen LogP contribution is 2.33. The minimum Gasteiger partial charge on any atom is -0.466 e. The van der Waals surface area contributed by atoms with Crippen LogP contribution in [0, 0.1) is 0 Å². The van der Waals surface area contributed by atoms with Crippen LogP contribution < -0.4 is 15.5 Å². The second kappa shape index (κ2) is 8.69. The van der Waals surface area contributed by atoms with Crippen molar-refractivity contribution in [3.8, 4) is 5.75 Å². The molecule has 2 amide bonds. The molecule has 1 atom stereocenters. The van der Waals surface area contributed by atoms with E-state index in [9.17, 15) is 9.59 Å². The van der Waals surface area contributed by atoms with Gasteiger partial charge < -0.3 is 10.1 Å². The minimum absolute atomic E-state index is 0.178. The number of carbonyl (C=O) groups excluding carboxylic acids is 2. The summed E-state index contributed by atoms with van der Waals surface area (Å²) in [6.45, 7) is 2.54. The molecule has 0 radical (unpaired) electrons. The topological polar surface area (TPSA) is 90.9 Å². The first-order valence-corrected chi connectivity index (χ1v) is 10.1. The SMILES string of the molecule is O=C(C=Cc1ccc2c(c1)C(=O)NC1(CCCN(CCc3ccccc3)C1)O2)NO. The van der Waals surface area contributed by atoms with Crippen molar-refractivity contribution < 1.29 is 19.5 Å². The second-order valence-electron chi connectivity index (χ2n) is 7.73. The molecule has 1 unspecified atom stereocenters. The normalized spacial score (nSPS) is 21.2. The Bertz CT molecular complexity index is 960. The smallest absolute Gasteiger partial charge is 0.267 e. The van der Waals surface area contributed by atoms with Crippen molar-refractivity contribution in [1.29, 1.82) is 0 Å². The number of hydrogen-bond acceptors (Lipinski definition) is 5. The van der Waals surface area contributed by atoms with Crippen LogP contribution in [0.25, 0.3) is 6.08 Å². The van der Waals surface area contributed by atoms with Crippen LogP contribution in [0.15, 0.2) is 54.6 Å². The summed E-state index contributed by atoms with van der Waals surface area (Å²) in [5.74, 6) is -0.263. The Morgan fingerprint density at radius 2 is 2.10 bits per heavy atom. The number of likely N-dealkylation sites (tertiary alicyclic amines) is 1. The Morgan fingerprint density at radius 3 is 2.90 bits per heavy atom. The molecule has 7 nitrogen and oxygen atoms in total. The van der Waals surface area contributed by atoms with Crippen LogP contribution in [0.2, 0.25) is 0 Å². The van der Waals surface area contributed by atoms with Crippen molar-refractivity contribution in [3.05, 3.63) is 71.3 Å². The van der Waals surface area contributed by atoms with E-state index in [4.69, 9.17) is 9.94 Å². The van der Waals surface area contributed by atoms with Gasteiger partial charge in [-0.1, -0.05) is 36.4 Å². The van der Waals surface area contributed by atoms with Crippen LogP contribution in [0.1, 0.15) is 34.3 Å². The molecule has 1 saturated heterocycles. The molecule has 1 spiro atoms. The molecule has 1 fully saturated rings. The number of benzene rings is 2. The molecule has 0 bridgehead atoms. The van der Waals surface area contributed by atoms with Crippen LogP contribution in [0.5, 0.6) is 5.75 Å². The highest BCUT2D eigenvalue weighted by molar-refractivity contribution is 5.99. The van der Waals surface area contributed by atoms with Gasteiger partial charge in [0.25, 0.3) is 11.8 Å². The van der Waals surface area contributed by atoms with Crippen molar-refractivity contribution in [2.75, 3.05) is 19.6 Å². The van der Waals surface area contributed by atoms with E-state index in [1.807, 2.05) is 18.2 Å². The van der Waals surface area contributed by atoms with E-state index in [-0.39, 0.29) is 5.91 Å². The second-order valence-corrected chi connectivity index (χ2v) is 7.73. The Morgan fingerprint density at radius 1 is 1.27 bits per heavy atom. The van der Waals surface area contributed by atoms with Crippen molar-refractivity contribution >= 4 is 17.9 Å². The van der Waals surface area contributed by atoms with Gasteiger partial charge in [0.15, 0.2) is 5.72 Å². The number of fused-ring (bicyclic) bond motifs is 1. The molecule has 2 aliphatic heterocycles. The summed E-state index contributed by atoms with van der Waals surface area (Å²) in [4.78, 5) is 26.3. The molecule has 2 aliphatic rings. The molecule has 30 heavy (non-hydrogen) atoms. The predicted molar refractivity (Wildman–Crippen MR) is 112 cm³/mol. The number of hydrogen-bond donors (Lipinski definition) is 3. The minimum atomic E-state index is -0.715. The zero-order chi connectivity index (χ0) is 21.0. The molecule has 4 rings (SSSR count). The maximum atomic E-state index is 12.8. The van der Waals surface area contributed by atoms with Crippen molar-refractivity contribution in [3.63, 3.8) is 0 Å². The standard InChI is InChI=1S/C23H25N3O4/c27-21(25-29)10-8-18-7-9-20-19(15-18)22(28)24-23(30-20)12-4-13-26(16-23)14-11-17-5-2-1-3-6-17/h1-3,5-10,15,29H,4,11-14,16H2,(H,24,28)(H,25,27). The zero-order valence-electron chi connectivity index (χ0n) is 16.6. The summed E-state index contributed by atoms with van der Waals surface area (Å²) in [6.07, 6.45) is 5.38. The monoisotopic (exact) mass is 407 g/mol. The molecular weight excluding hydrogens is 382 g/mol. The van der Waals surface area contributed by atoms with Crippen molar-refractivity contribution in [2.24, 2.45) is 0 Å². The molecule has 156 valence electrons. The average molecular weight is 407 g/mol. The van der Waals surface area contributed by atoms with E-state index in [0.29, 0.717) is 23.4 Å². The zero-order valence-corrected chi connectivity index (χ0v) is 16.6. The number of piperidine rings is 1. The van der Waals surface area contributed by atoms with Crippen LogP contribution in [-0.4, -0.2) is 47.3 Å². The summed E-state index contributed by atoms with van der Waals surface area (Å²) in [5, 5.41) is 11.6. The molecule has 2 aromatic rings. The Hall–Kier alpha value is -3.16. The van der Waals surface area contributed by atoms with Gasteiger partial charge in [-0.25, -0.2) is 5.48 Å². The van der Waals surface area contributed by atoms with Gasteiger partial charge in [-0.05, 0) is 48.7 Å². The van der Waals surface area contributed by atoms with E-state index < -0.39 is 11.6 Å². The Kier molecular flexibility index (Phi) is 5.83. The largest absolute Gasteiger partial charge is 0.466 e. The molecule has 0 aromatic heterocycles. The van der Waals surface area contributed by atoms with Gasteiger partial charge in [0, 0.05) is 19.0 Å². The van der Waals surface area contributed by atoms with Crippen LogP contribution in [0.3, 0.4) is 0 Å². The van der Waals surface area contributed by atoms with Crippen LogP contribution >= 0.6 is 0 Å². The molecule has 3 N–H and O–H groups in total. The third kappa shape index (κ3) is 4.53.